The minimum atomic E-state index is 0.274. The van der Waals surface area contributed by atoms with Crippen molar-refractivity contribution < 1.29 is 0 Å². The van der Waals surface area contributed by atoms with Gasteiger partial charge < -0.3 is 5.73 Å². The Balaban J connectivity index is 2.08. The average Bonchev–Trinajstić information content (AvgIpc) is 2.65. The van der Waals surface area contributed by atoms with E-state index in [-0.39, 0.29) is 5.54 Å². The van der Waals surface area contributed by atoms with Crippen LogP contribution in [0.1, 0.15) is 59.8 Å². The predicted molar refractivity (Wildman–Crippen MR) is 91.3 cm³/mol. The lowest BCUT2D eigenvalue weighted by molar-refractivity contribution is 0.0815. The summed E-state index contributed by atoms with van der Waals surface area (Å²) in [7, 11) is 0. The fourth-order valence-corrected chi connectivity index (χ4v) is 5.55. The van der Waals surface area contributed by atoms with Gasteiger partial charge in [0.1, 0.15) is 0 Å². The molecule has 2 saturated heterocycles. The van der Waals surface area contributed by atoms with E-state index in [0.29, 0.717) is 10.7 Å². The normalized spacial score (nSPS) is 37.6. The maximum Gasteiger partial charge on any atom is 0.0447 e. The highest BCUT2D eigenvalue weighted by atomic mass is 32.2. The molecule has 2 rings (SSSR count). The summed E-state index contributed by atoms with van der Waals surface area (Å²) in [6, 6.07) is 0. The Bertz CT molecular complexity index is 313. The molecule has 0 aromatic heterocycles. The largest absolute Gasteiger partial charge is 0.329 e. The van der Waals surface area contributed by atoms with E-state index >= 15 is 0 Å². The second-order valence-corrected chi connectivity index (χ2v) is 9.35. The number of nitrogens with zero attached hydrogens (tertiary/aromatic N) is 1. The van der Waals surface area contributed by atoms with Crippen LogP contribution in [0.2, 0.25) is 0 Å². The van der Waals surface area contributed by atoms with Gasteiger partial charge in [0.25, 0.3) is 0 Å². The van der Waals surface area contributed by atoms with E-state index in [9.17, 15) is 0 Å². The van der Waals surface area contributed by atoms with Crippen LogP contribution in [-0.2, 0) is 0 Å². The predicted octanol–water partition coefficient (Wildman–Crippen LogP) is 3.75. The summed E-state index contributed by atoms with van der Waals surface area (Å²) in [6.45, 7) is 13.0. The van der Waals surface area contributed by atoms with Crippen molar-refractivity contribution in [3.05, 3.63) is 0 Å². The zero-order valence-electron chi connectivity index (χ0n) is 14.0. The minimum Gasteiger partial charge on any atom is -0.329 e. The van der Waals surface area contributed by atoms with Crippen LogP contribution in [0.3, 0.4) is 0 Å². The summed E-state index contributed by atoms with van der Waals surface area (Å²) in [5.41, 5.74) is 7.01. The van der Waals surface area contributed by atoms with E-state index in [4.69, 9.17) is 5.73 Å². The maximum absolute atomic E-state index is 6.28. The third kappa shape index (κ3) is 3.36. The van der Waals surface area contributed by atoms with E-state index in [1.54, 1.807) is 0 Å². The van der Waals surface area contributed by atoms with Gasteiger partial charge in [0.05, 0.1) is 0 Å². The standard InChI is InChI=1S/C17H34N2S/c1-14-17(13-18,9-6-12-20-14)19-10-5-7-15(8-11-19)16(2,3)4/h14-15H,5-13,18H2,1-4H3. The van der Waals surface area contributed by atoms with E-state index in [2.05, 4.69) is 44.4 Å². The van der Waals surface area contributed by atoms with Crippen molar-refractivity contribution in [1.29, 1.82) is 0 Å². The molecule has 0 bridgehead atoms. The van der Waals surface area contributed by atoms with Gasteiger partial charge in [-0.1, -0.05) is 27.7 Å². The van der Waals surface area contributed by atoms with Crippen molar-refractivity contribution in [2.45, 2.75) is 70.6 Å². The molecule has 2 heterocycles. The molecule has 0 radical (unpaired) electrons. The molecule has 118 valence electrons. The molecule has 3 atom stereocenters. The number of likely N-dealkylation sites (tertiary alicyclic amines) is 1. The Morgan fingerprint density at radius 2 is 1.95 bits per heavy atom. The highest BCUT2D eigenvalue weighted by Gasteiger charge is 2.43. The highest BCUT2D eigenvalue weighted by Crippen LogP contribution is 2.41. The van der Waals surface area contributed by atoms with Crippen molar-refractivity contribution in [3.63, 3.8) is 0 Å². The summed E-state index contributed by atoms with van der Waals surface area (Å²) in [4.78, 5) is 2.77. The summed E-state index contributed by atoms with van der Waals surface area (Å²) in [5, 5.41) is 0.687. The first-order chi connectivity index (χ1) is 9.40. The second-order valence-electron chi connectivity index (χ2n) is 7.91. The van der Waals surface area contributed by atoms with Gasteiger partial charge in [-0.3, -0.25) is 4.90 Å². The van der Waals surface area contributed by atoms with Crippen molar-refractivity contribution in [3.8, 4) is 0 Å². The third-order valence-electron chi connectivity index (χ3n) is 5.81. The Kier molecular flexibility index (Phi) is 5.47. The van der Waals surface area contributed by atoms with Crippen molar-refractivity contribution >= 4 is 11.8 Å². The van der Waals surface area contributed by atoms with Gasteiger partial charge in [-0.05, 0) is 62.3 Å². The first-order valence-corrected chi connectivity index (χ1v) is 9.52. The van der Waals surface area contributed by atoms with E-state index in [0.717, 1.165) is 12.5 Å². The summed E-state index contributed by atoms with van der Waals surface area (Å²) in [5.74, 6) is 2.19. The van der Waals surface area contributed by atoms with Gasteiger partial charge in [0.2, 0.25) is 0 Å². The summed E-state index contributed by atoms with van der Waals surface area (Å²) >= 11 is 2.13. The molecule has 0 amide bonds. The lowest BCUT2D eigenvalue weighted by atomic mass is 9.76. The zero-order valence-corrected chi connectivity index (χ0v) is 14.8. The molecule has 20 heavy (non-hydrogen) atoms. The Morgan fingerprint density at radius 1 is 1.20 bits per heavy atom. The molecule has 0 spiro atoms. The lowest BCUT2D eigenvalue weighted by Crippen LogP contribution is -2.61. The van der Waals surface area contributed by atoms with Crippen LogP contribution < -0.4 is 5.73 Å². The van der Waals surface area contributed by atoms with Gasteiger partial charge >= 0.3 is 0 Å². The van der Waals surface area contributed by atoms with Gasteiger partial charge in [-0.2, -0.15) is 11.8 Å². The minimum absolute atomic E-state index is 0.274. The molecule has 2 aliphatic rings. The first-order valence-electron chi connectivity index (χ1n) is 8.47. The van der Waals surface area contributed by atoms with Gasteiger partial charge in [-0.15, -0.1) is 0 Å². The monoisotopic (exact) mass is 298 g/mol. The van der Waals surface area contributed by atoms with Crippen LogP contribution in [0.25, 0.3) is 0 Å². The molecule has 0 saturated carbocycles. The maximum atomic E-state index is 6.28. The molecule has 3 unspecified atom stereocenters. The number of nitrogens with two attached hydrogens (primary N) is 1. The van der Waals surface area contributed by atoms with Crippen molar-refractivity contribution in [2.24, 2.45) is 17.1 Å². The molecule has 0 aromatic carbocycles. The van der Waals surface area contributed by atoms with E-state index in [1.165, 1.54) is 50.9 Å². The second kappa shape index (κ2) is 6.58. The SMILES string of the molecule is CC1SCCCC1(CN)N1CCCC(C(C)(C)C)CC1. The number of thioether (sulfide) groups is 1. The number of rotatable bonds is 2. The molecular weight excluding hydrogens is 264 g/mol. The summed E-state index contributed by atoms with van der Waals surface area (Å²) < 4.78 is 0. The fourth-order valence-electron chi connectivity index (χ4n) is 4.22. The quantitative estimate of drug-likeness (QED) is 0.842. The Morgan fingerprint density at radius 3 is 2.55 bits per heavy atom. The van der Waals surface area contributed by atoms with Crippen LogP contribution in [-0.4, -0.2) is 41.1 Å². The molecular formula is C17H34N2S. The fraction of sp³-hybridized carbons (Fsp3) is 1.00. The summed E-state index contributed by atoms with van der Waals surface area (Å²) in [6.07, 6.45) is 6.73. The molecule has 0 aromatic rings. The molecule has 2 nitrogen and oxygen atoms in total. The molecule has 2 aliphatic heterocycles. The van der Waals surface area contributed by atoms with Crippen LogP contribution >= 0.6 is 11.8 Å². The smallest absolute Gasteiger partial charge is 0.0447 e. The number of hydrogen-bond acceptors (Lipinski definition) is 3. The van der Waals surface area contributed by atoms with Crippen molar-refractivity contribution in [1.82, 2.24) is 4.90 Å². The van der Waals surface area contributed by atoms with Crippen molar-refractivity contribution in [2.75, 3.05) is 25.4 Å². The lowest BCUT2D eigenvalue weighted by Gasteiger charge is -2.49. The van der Waals surface area contributed by atoms with Gasteiger partial charge in [0.15, 0.2) is 0 Å². The van der Waals surface area contributed by atoms with E-state index in [1.807, 2.05) is 0 Å². The van der Waals surface area contributed by atoms with Crippen LogP contribution in [0.5, 0.6) is 0 Å². The van der Waals surface area contributed by atoms with E-state index < -0.39 is 0 Å². The molecule has 3 heteroatoms. The van der Waals surface area contributed by atoms with Gasteiger partial charge in [0, 0.05) is 17.3 Å². The van der Waals surface area contributed by atoms with Crippen LogP contribution in [0.15, 0.2) is 0 Å². The molecule has 2 fully saturated rings. The highest BCUT2D eigenvalue weighted by molar-refractivity contribution is 8.00. The van der Waals surface area contributed by atoms with Crippen LogP contribution in [0, 0.1) is 11.3 Å². The van der Waals surface area contributed by atoms with Crippen LogP contribution in [0.4, 0.5) is 0 Å². The third-order valence-corrected chi connectivity index (χ3v) is 7.28. The first kappa shape index (κ1) is 16.6. The Labute approximate surface area is 130 Å². The molecule has 2 N–H and O–H groups in total. The topological polar surface area (TPSA) is 29.3 Å². The van der Waals surface area contributed by atoms with Gasteiger partial charge in [-0.25, -0.2) is 0 Å². The molecule has 0 aliphatic carbocycles. The average molecular weight is 299 g/mol. The zero-order chi connectivity index (χ0) is 14.8. The number of hydrogen-bond donors (Lipinski definition) is 1. The Hall–Kier alpha value is 0.270.